The largest absolute Gasteiger partial charge is 0.313 e. The van der Waals surface area contributed by atoms with Crippen molar-refractivity contribution in [3.05, 3.63) is 0 Å². The molecule has 2 aliphatic rings. The van der Waals surface area contributed by atoms with Gasteiger partial charge < -0.3 is 5.32 Å². The molecular formula is C15H29NS. The molecule has 1 N–H and O–H groups in total. The molecule has 17 heavy (non-hydrogen) atoms. The predicted molar refractivity (Wildman–Crippen MR) is 78.8 cm³/mol. The maximum absolute atomic E-state index is 3.90. The van der Waals surface area contributed by atoms with E-state index in [9.17, 15) is 0 Å². The minimum Gasteiger partial charge on any atom is -0.313 e. The van der Waals surface area contributed by atoms with Gasteiger partial charge in [-0.15, -0.1) is 0 Å². The summed E-state index contributed by atoms with van der Waals surface area (Å²) in [6, 6.07) is 0.819. The van der Waals surface area contributed by atoms with Crippen molar-refractivity contribution in [2.75, 3.05) is 12.8 Å². The Labute approximate surface area is 112 Å². The van der Waals surface area contributed by atoms with Gasteiger partial charge in [-0.05, 0) is 31.9 Å². The molecule has 0 aromatic rings. The van der Waals surface area contributed by atoms with Crippen LogP contribution in [0.2, 0.25) is 0 Å². The van der Waals surface area contributed by atoms with Gasteiger partial charge in [-0.25, -0.2) is 0 Å². The average molecular weight is 255 g/mol. The summed E-state index contributed by atoms with van der Waals surface area (Å²) in [4.78, 5) is 0. The van der Waals surface area contributed by atoms with E-state index in [2.05, 4.69) is 23.3 Å². The molecule has 0 spiro atoms. The molecule has 0 radical (unpaired) electrons. The highest BCUT2D eigenvalue weighted by atomic mass is 32.2. The molecule has 0 aromatic carbocycles. The number of nitrogens with one attached hydrogen (secondary N) is 1. The molecule has 100 valence electrons. The van der Waals surface area contributed by atoms with Crippen LogP contribution in [-0.2, 0) is 0 Å². The smallest absolute Gasteiger partial charge is 0.0281 e. The van der Waals surface area contributed by atoms with Gasteiger partial charge in [0, 0.05) is 17.3 Å². The number of rotatable bonds is 4. The number of thioether (sulfide) groups is 1. The molecule has 2 fully saturated rings. The van der Waals surface area contributed by atoms with Crippen LogP contribution in [-0.4, -0.2) is 23.6 Å². The number of hydrogen-bond acceptors (Lipinski definition) is 2. The second-order valence-corrected chi connectivity index (χ2v) is 7.29. The van der Waals surface area contributed by atoms with Gasteiger partial charge in [0.1, 0.15) is 0 Å². The van der Waals surface area contributed by atoms with Gasteiger partial charge in [0.15, 0.2) is 0 Å². The fraction of sp³-hybridized carbons (Fsp3) is 1.00. The van der Waals surface area contributed by atoms with Crippen molar-refractivity contribution < 1.29 is 0 Å². The Balaban J connectivity index is 1.75. The Hall–Kier alpha value is 0.310. The summed E-state index contributed by atoms with van der Waals surface area (Å²) in [5, 5.41) is 3.90. The zero-order chi connectivity index (χ0) is 12.0. The van der Waals surface area contributed by atoms with Gasteiger partial charge in [-0.3, -0.25) is 0 Å². The minimum atomic E-state index is 0.586. The third-order valence-electron chi connectivity index (χ3n) is 4.77. The summed E-state index contributed by atoms with van der Waals surface area (Å²) in [5.74, 6) is 0. The summed E-state index contributed by atoms with van der Waals surface area (Å²) >= 11 is 2.12. The van der Waals surface area contributed by atoms with E-state index >= 15 is 0 Å². The normalized spacial score (nSPS) is 26.6. The maximum Gasteiger partial charge on any atom is 0.0281 e. The maximum atomic E-state index is 3.90. The first-order chi connectivity index (χ1) is 8.35. The molecule has 0 amide bonds. The van der Waals surface area contributed by atoms with Gasteiger partial charge in [0.25, 0.3) is 0 Å². The lowest BCUT2D eigenvalue weighted by molar-refractivity contribution is 0.372. The molecule has 0 unspecified atom stereocenters. The third kappa shape index (κ3) is 4.17. The van der Waals surface area contributed by atoms with Crippen molar-refractivity contribution in [3.8, 4) is 0 Å². The van der Waals surface area contributed by atoms with E-state index in [0.29, 0.717) is 4.75 Å². The summed E-state index contributed by atoms with van der Waals surface area (Å²) in [6.45, 7) is 1.26. The van der Waals surface area contributed by atoms with E-state index in [4.69, 9.17) is 0 Å². The molecule has 0 atom stereocenters. The van der Waals surface area contributed by atoms with Crippen LogP contribution >= 0.6 is 11.8 Å². The second kappa shape index (κ2) is 7.04. The molecule has 0 bridgehead atoms. The van der Waals surface area contributed by atoms with Crippen LogP contribution in [0, 0.1) is 0 Å². The summed E-state index contributed by atoms with van der Waals surface area (Å²) in [6.07, 6.45) is 18.2. The Bertz CT molecular complexity index is 203. The van der Waals surface area contributed by atoms with E-state index in [1.165, 1.54) is 77.2 Å². The Morgan fingerprint density at radius 2 is 1.53 bits per heavy atom. The predicted octanol–water partition coefficient (Wildman–Crippen LogP) is 4.36. The van der Waals surface area contributed by atoms with E-state index in [1.807, 2.05) is 0 Å². The molecule has 2 aliphatic carbocycles. The SMILES string of the molecule is CSC1(CNC2CCCCCCC2)CCCC1. The van der Waals surface area contributed by atoms with Crippen LogP contribution in [0.15, 0.2) is 0 Å². The van der Waals surface area contributed by atoms with Crippen LogP contribution in [0.5, 0.6) is 0 Å². The summed E-state index contributed by atoms with van der Waals surface area (Å²) in [5.41, 5.74) is 0. The van der Waals surface area contributed by atoms with E-state index < -0.39 is 0 Å². The quantitative estimate of drug-likeness (QED) is 0.801. The minimum absolute atomic E-state index is 0.586. The zero-order valence-corrected chi connectivity index (χ0v) is 12.3. The van der Waals surface area contributed by atoms with E-state index in [0.717, 1.165) is 6.04 Å². The van der Waals surface area contributed by atoms with Gasteiger partial charge in [0.2, 0.25) is 0 Å². The molecule has 0 saturated heterocycles. The monoisotopic (exact) mass is 255 g/mol. The van der Waals surface area contributed by atoms with E-state index in [-0.39, 0.29) is 0 Å². The third-order valence-corrected chi connectivity index (χ3v) is 6.18. The van der Waals surface area contributed by atoms with Crippen LogP contribution in [0.4, 0.5) is 0 Å². The fourth-order valence-corrected chi connectivity index (χ4v) is 4.39. The first-order valence-electron chi connectivity index (χ1n) is 7.63. The lowest BCUT2D eigenvalue weighted by Gasteiger charge is -2.30. The topological polar surface area (TPSA) is 12.0 Å². The molecule has 0 aliphatic heterocycles. The van der Waals surface area contributed by atoms with Crippen LogP contribution < -0.4 is 5.32 Å². The highest BCUT2D eigenvalue weighted by Crippen LogP contribution is 2.39. The van der Waals surface area contributed by atoms with Crippen LogP contribution in [0.3, 0.4) is 0 Å². The Morgan fingerprint density at radius 1 is 0.941 bits per heavy atom. The van der Waals surface area contributed by atoms with E-state index in [1.54, 1.807) is 0 Å². The highest BCUT2D eigenvalue weighted by molar-refractivity contribution is 8.00. The van der Waals surface area contributed by atoms with Crippen molar-refractivity contribution in [1.29, 1.82) is 0 Å². The van der Waals surface area contributed by atoms with Gasteiger partial charge in [-0.2, -0.15) is 11.8 Å². The zero-order valence-electron chi connectivity index (χ0n) is 11.5. The van der Waals surface area contributed by atoms with Crippen molar-refractivity contribution in [2.45, 2.75) is 81.4 Å². The molecule has 2 saturated carbocycles. The average Bonchev–Trinajstić information content (AvgIpc) is 2.77. The van der Waals surface area contributed by atoms with Crippen molar-refractivity contribution >= 4 is 11.8 Å². The molecule has 2 heteroatoms. The highest BCUT2D eigenvalue weighted by Gasteiger charge is 2.33. The first kappa shape index (κ1) is 13.7. The molecule has 0 aromatic heterocycles. The molecular weight excluding hydrogens is 226 g/mol. The number of hydrogen-bond donors (Lipinski definition) is 1. The standard InChI is InChI=1S/C15H29NS/c1-17-15(11-7-8-12-15)13-16-14-9-5-3-2-4-6-10-14/h14,16H,2-13H2,1H3. The van der Waals surface area contributed by atoms with Gasteiger partial charge >= 0.3 is 0 Å². The summed E-state index contributed by atoms with van der Waals surface area (Å²) < 4.78 is 0.586. The van der Waals surface area contributed by atoms with Crippen molar-refractivity contribution in [1.82, 2.24) is 5.32 Å². The summed E-state index contributed by atoms with van der Waals surface area (Å²) in [7, 11) is 0. The van der Waals surface area contributed by atoms with Crippen molar-refractivity contribution in [3.63, 3.8) is 0 Å². The van der Waals surface area contributed by atoms with Crippen molar-refractivity contribution in [2.24, 2.45) is 0 Å². The molecule has 2 rings (SSSR count). The molecule has 0 heterocycles. The Kier molecular flexibility index (Phi) is 5.68. The first-order valence-corrected chi connectivity index (χ1v) is 8.86. The lowest BCUT2D eigenvalue weighted by atomic mass is 9.96. The van der Waals surface area contributed by atoms with Gasteiger partial charge in [-0.1, -0.05) is 44.9 Å². The van der Waals surface area contributed by atoms with Gasteiger partial charge in [0.05, 0.1) is 0 Å². The Morgan fingerprint density at radius 3 is 2.12 bits per heavy atom. The fourth-order valence-electron chi connectivity index (χ4n) is 3.46. The molecule has 1 nitrogen and oxygen atoms in total. The van der Waals surface area contributed by atoms with Crippen LogP contribution in [0.1, 0.15) is 70.6 Å². The lowest BCUT2D eigenvalue weighted by Crippen LogP contribution is -2.41. The second-order valence-electron chi connectivity index (χ2n) is 6.02. The van der Waals surface area contributed by atoms with Crippen LogP contribution in [0.25, 0.3) is 0 Å².